The summed E-state index contributed by atoms with van der Waals surface area (Å²) in [4.78, 5) is 11.3. The van der Waals surface area contributed by atoms with Gasteiger partial charge in [-0.05, 0) is 12.8 Å². The third-order valence-electron chi connectivity index (χ3n) is 2.06. The van der Waals surface area contributed by atoms with Gasteiger partial charge in [0.15, 0.2) is 17.5 Å². The molecular formula is C11H11BrF3NO. The molecule has 1 rings (SSSR count). The molecule has 94 valence electrons. The Labute approximate surface area is 105 Å². The molecule has 2 nitrogen and oxygen atoms in total. The van der Waals surface area contributed by atoms with E-state index in [2.05, 4.69) is 21.2 Å². The molecule has 1 N–H and O–H groups in total. The van der Waals surface area contributed by atoms with Crippen molar-refractivity contribution in [2.45, 2.75) is 19.3 Å². The first-order valence-corrected chi connectivity index (χ1v) is 6.17. The number of nitrogens with one attached hydrogen (secondary N) is 1. The zero-order valence-corrected chi connectivity index (χ0v) is 10.5. The summed E-state index contributed by atoms with van der Waals surface area (Å²) in [7, 11) is 0. The lowest BCUT2D eigenvalue weighted by Gasteiger charge is -2.05. The lowest BCUT2D eigenvalue weighted by molar-refractivity contribution is -0.116. The summed E-state index contributed by atoms with van der Waals surface area (Å²) in [5, 5.41) is 3.10. The molecule has 1 amide bonds. The van der Waals surface area contributed by atoms with Crippen molar-refractivity contribution in [3.63, 3.8) is 0 Å². The van der Waals surface area contributed by atoms with E-state index in [4.69, 9.17) is 0 Å². The highest BCUT2D eigenvalue weighted by atomic mass is 79.9. The number of rotatable bonds is 5. The maximum absolute atomic E-state index is 12.8. The smallest absolute Gasteiger partial charge is 0.224 e. The quantitative estimate of drug-likeness (QED) is 0.502. The number of benzene rings is 1. The molecule has 17 heavy (non-hydrogen) atoms. The maximum Gasteiger partial charge on any atom is 0.224 e. The second-order valence-corrected chi connectivity index (χ2v) is 4.24. The van der Waals surface area contributed by atoms with Crippen molar-refractivity contribution < 1.29 is 18.0 Å². The Morgan fingerprint density at radius 2 is 1.76 bits per heavy atom. The van der Waals surface area contributed by atoms with Crippen LogP contribution in [0.5, 0.6) is 0 Å². The second kappa shape index (κ2) is 6.64. The van der Waals surface area contributed by atoms with E-state index in [1.165, 1.54) is 0 Å². The molecule has 0 unspecified atom stereocenters. The van der Waals surface area contributed by atoms with Gasteiger partial charge in [0.05, 0.1) is 0 Å². The van der Waals surface area contributed by atoms with Crippen LogP contribution in [0.25, 0.3) is 0 Å². The fourth-order valence-corrected chi connectivity index (χ4v) is 1.63. The monoisotopic (exact) mass is 309 g/mol. The lowest BCUT2D eigenvalue weighted by Crippen LogP contribution is -2.12. The number of hydrogen-bond donors (Lipinski definition) is 1. The summed E-state index contributed by atoms with van der Waals surface area (Å²) >= 11 is 3.22. The van der Waals surface area contributed by atoms with E-state index in [9.17, 15) is 18.0 Å². The van der Waals surface area contributed by atoms with Crippen molar-refractivity contribution in [3.8, 4) is 0 Å². The van der Waals surface area contributed by atoms with Gasteiger partial charge >= 0.3 is 0 Å². The van der Waals surface area contributed by atoms with Gasteiger partial charge in [-0.25, -0.2) is 13.2 Å². The van der Waals surface area contributed by atoms with Crippen LogP contribution >= 0.6 is 15.9 Å². The van der Waals surface area contributed by atoms with Crippen molar-refractivity contribution in [3.05, 3.63) is 29.6 Å². The summed E-state index contributed by atoms with van der Waals surface area (Å²) in [5.41, 5.74) is -0.0785. The Bertz CT molecular complexity index is 389. The Morgan fingerprint density at radius 1 is 1.18 bits per heavy atom. The van der Waals surface area contributed by atoms with Gasteiger partial charge in [-0.3, -0.25) is 4.79 Å². The molecule has 0 bridgehead atoms. The number of carbonyl (C=O) groups is 1. The van der Waals surface area contributed by atoms with E-state index >= 15 is 0 Å². The fourth-order valence-electron chi connectivity index (χ4n) is 1.23. The second-order valence-electron chi connectivity index (χ2n) is 3.45. The van der Waals surface area contributed by atoms with E-state index in [0.717, 1.165) is 23.9 Å². The molecule has 0 aromatic heterocycles. The number of halogens is 4. The van der Waals surface area contributed by atoms with Gasteiger partial charge in [-0.2, -0.15) is 0 Å². The molecule has 6 heteroatoms. The third-order valence-corrected chi connectivity index (χ3v) is 2.62. The zero-order valence-electron chi connectivity index (χ0n) is 8.90. The fraction of sp³-hybridized carbons (Fsp3) is 0.364. The Kier molecular flexibility index (Phi) is 5.47. The number of carbonyl (C=O) groups excluding carboxylic acids is 1. The topological polar surface area (TPSA) is 29.1 Å². The Hall–Kier alpha value is -1.04. The third kappa shape index (κ3) is 4.38. The van der Waals surface area contributed by atoms with Crippen molar-refractivity contribution in [1.82, 2.24) is 0 Å². The first-order valence-electron chi connectivity index (χ1n) is 5.05. The number of hydrogen-bond acceptors (Lipinski definition) is 1. The molecule has 1 aromatic carbocycles. The lowest BCUT2D eigenvalue weighted by atomic mass is 10.2. The standard InChI is InChI=1S/C11H11BrF3NO/c12-4-2-1-3-10(17)16-7-5-8(13)11(15)9(14)6-7/h5-6H,1-4H2,(H,16,17). The van der Waals surface area contributed by atoms with E-state index < -0.39 is 17.5 Å². The van der Waals surface area contributed by atoms with Gasteiger partial charge in [0.2, 0.25) is 5.91 Å². The molecule has 0 spiro atoms. The van der Waals surface area contributed by atoms with Crippen LogP contribution in [0, 0.1) is 17.5 Å². The minimum Gasteiger partial charge on any atom is -0.326 e. The highest BCUT2D eigenvalue weighted by Crippen LogP contribution is 2.17. The summed E-state index contributed by atoms with van der Waals surface area (Å²) in [6.45, 7) is 0. The first-order chi connectivity index (χ1) is 8.04. The molecule has 0 heterocycles. The number of amides is 1. The van der Waals surface area contributed by atoms with Gasteiger partial charge < -0.3 is 5.32 Å². The summed E-state index contributed by atoms with van der Waals surface area (Å²) in [6.07, 6.45) is 1.76. The minimum atomic E-state index is -1.54. The Balaban J connectivity index is 2.60. The van der Waals surface area contributed by atoms with Crippen LogP contribution in [0.1, 0.15) is 19.3 Å². The van der Waals surface area contributed by atoms with Gasteiger partial charge in [0.1, 0.15) is 0 Å². The van der Waals surface area contributed by atoms with Crippen LogP contribution in [0.3, 0.4) is 0 Å². The van der Waals surface area contributed by atoms with Crippen molar-refractivity contribution >= 4 is 27.5 Å². The molecule has 0 saturated heterocycles. The van der Waals surface area contributed by atoms with Gasteiger partial charge in [0, 0.05) is 29.6 Å². The van der Waals surface area contributed by atoms with E-state index in [1.54, 1.807) is 0 Å². The van der Waals surface area contributed by atoms with Crippen molar-refractivity contribution in [2.75, 3.05) is 10.6 Å². The number of anilines is 1. The molecule has 0 atom stereocenters. The van der Waals surface area contributed by atoms with Crippen LogP contribution in [-0.4, -0.2) is 11.2 Å². The van der Waals surface area contributed by atoms with E-state index in [0.29, 0.717) is 6.42 Å². The van der Waals surface area contributed by atoms with Crippen LogP contribution < -0.4 is 5.32 Å². The normalized spacial score (nSPS) is 10.4. The number of alkyl halides is 1. The van der Waals surface area contributed by atoms with E-state index in [1.807, 2.05) is 0 Å². The Morgan fingerprint density at radius 3 is 2.29 bits per heavy atom. The predicted octanol–water partition coefficient (Wildman–Crippen LogP) is 3.61. The molecule has 0 aliphatic rings. The SMILES string of the molecule is O=C(CCCCBr)Nc1cc(F)c(F)c(F)c1. The van der Waals surface area contributed by atoms with Crippen LogP contribution in [0.4, 0.5) is 18.9 Å². The van der Waals surface area contributed by atoms with Crippen LogP contribution in [-0.2, 0) is 4.79 Å². The van der Waals surface area contributed by atoms with E-state index in [-0.39, 0.29) is 18.0 Å². The van der Waals surface area contributed by atoms with Crippen molar-refractivity contribution in [1.29, 1.82) is 0 Å². The molecule has 0 saturated carbocycles. The summed E-state index contributed by atoms with van der Waals surface area (Å²) in [5.74, 6) is -4.53. The van der Waals surface area contributed by atoms with Gasteiger partial charge in [0.25, 0.3) is 0 Å². The molecular weight excluding hydrogens is 299 g/mol. The first kappa shape index (κ1) is 14.0. The average Bonchev–Trinajstić information content (AvgIpc) is 2.26. The average molecular weight is 310 g/mol. The highest BCUT2D eigenvalue weighted by molar-refractivity contribution is 9.09. The molecule has 0 aliphatic heterocycles. The minimum absolute atomic E-state index is 0.0785. The summed E-state index contributed by atoms with van der Waals surface area (Å²) in [6, 6.07) is 1.50. The van der Waals surface area contributed by atoms with Gasteiger partial charge in [-0.1, -0.05) is 15.9 Å². The molecule has 0 radical (unpaired) electrons. The summed E-state index contributed by atoms with van der Waals surface area (Å²) < 4.78 is 38.3. The number of unbranched alkanes of at least 4 members (excludes halogenated alkanes) is 1. The maximum atomic E-state index is 12.8. The predicted molar refractivity (Wildman–Crippen MR) is 62.6 cm³/mol. The molecule has 0 aliphatic carbocycles. The van der Waals surface area contributed by atoms with Crippen LogP contribution in [0.2, 0.25) is 0 Å². The van der Waals surface area contributed by atoms with Crippen molar-refractivity contribution in [2.24, 2.45) is 0 Å². The highest BCUT2D eigenvalue weighted by Gasteiger charge is 2.11. The zero-order chi connectivity index (χ0) is 12.8. The molecule has 1 aromatic rings. The van der Waals surface area contributed by atoms with Gasteiger partial charge in [-0.15, -0.1) is 0 Å². The van der Waals surface area contributed by atoms with Crippen LogP contribution in [0.15, 0.2) is 12.1 Å². The largest absolute Gasteiger partial charge is 0.326 e. The molecule has 0 fully saturated rings.